The number of benzene rings is 1. The highest BCUT2D eigenvalue weighted by molar-refractivity contribution is 7.89. The van der Waals surface area contributed by atoms with Gasteiger partial charge in [-0.2, -0.15) is 0 Å². The number of rotatable bonds is 8. The predicted octanol–water partition coefficient (Wildman–Crippen LogP) is 1.98. The van der Waals surface area contributed by atoms with Crippen molar-refractivity contribution in [1.29, 1.82) is 0 Å². The number of hydrogen-bond donors (Lipinski definition) is 2. The molecule has 5 nitrogen and oxygen atoms in total. The Morgan fingerprint density at radius 3 is 2.71 bits per heavy atom. The molecule has 1 aromatic carbocycles. The Hall–Kier alpha value is -1.11. The lowest BCUT2D eigenvalue weighted by Crippen LogP contribution is -2.26. The summed E-state index contributed by atoms with van der Waals surface area (Å²) in [5.74, 6) is 0.736. The molecule has 1 aliphatic carbocycles. The minimum atomic E-state index is -3.51. The van der Waals surface area contributed by atoms with Crippen molar-refractivity contribution in [2.24, 2.45) is 5.92 Å². The first-order valence-corrected chi connectivity index (χ1v) is 8.82. The Labute approximate surface area is 126 Å². The molecule has 118 valence electrons. The van der Waals surface area contributed by atoms with E-state index in [1.807, 2.05) is 6.92 Å². The van der Waals surface area contributed by atoms with Crippen LogP contribution in [0.2, 0.25) is 0 Å². The summed E-state index contributed by atoms with van der Waals surface area (Å²) in [6.45, 7) is 5.33. The van der Waals surface area contributed by atoms with E-state index < -0.39 is 10.0 Å². The SMILES string of the molecule is Cc1cc(N)c(C)c(S(=O)(=O)NCCCOCC2CC2)c1. The van der Waals surface area contributed by atoms with Gasteiger partial charge in [-0.15, -0.1) is 0 Å². The zero-order chi connectivity index (χ0) is 15.5. The molecule has 21 heavy (non-hydrogen) atoms. The summed E-state index contributed by atoms with van der Waals surface area (Å²) in [5.41, 5.74) is 7.77. The minimum absolute atomic E-state index is 0.263. The Kier molecular flexibility index (Phi) is 5.24. The second-order valence-electron chi connectivity index (χ2n) is 5.75. The highest BCUT2D eigenvalue weighted by atomic mass is 32.2. The van der Waals surface area contributed by atoms with E-state index in [1.54, 1.807) is 19.1 Å². The van der Waals surface area contributed by atoms with Crippen molar-refractivity contribution in [3.05, 3.63) is 23.3 Å². The van der Waals surface area contributed by atoms with Gasteiger partial charge in [0.1, 0.15) is 0 Å². The van der Waals surface area contributed by atoms with E-state index >= 15 is 0 Å². The summed E-state index contributed by atoms with van der Waals surface area (Å²) in [7, 11) is -3.51. The average Bonchev–Trinajstić information content (AvgIpc) is 3.22. The van der Waals surface area contributed by atoms with Gasteiger partial charge in [0.25, 0.3) is 0 Å². The van der Waals surface area contributed by atoms with Crippen molar-refractivity contribution in [2.45, 2.75) is 38.0 Å². The molecule has 1 fully saturated rings. The topological polar surface area (TPSA) is 81.4 Å². The zero-order valence-electron chi connectivity index (χ0n) is 12.7. The van der Waals surface area contributed by atoms with Gasteiger partial charge >= 0.3 is 0 Å². The molecule has 1 aliphatic rings. The fraction of sp³-hybridized carbons (Fsp3) is 0.600. The Morgan fingerprint density at radius 1 is 1.33 bits per heavy atom. The van der Waals surface area contributed by atoms with E-state index in [4.69, 9.17) is 10.5 Å². The van der Waals surface area contributed by atoms with Crippen molar-refractivity contribution in [2.75, 3.05) is 25.5 Å². The van der Waals surface area contributed by atoms with Crippen LogP contribution in [0.1, 0.15) is 30.4 Å². The lowest BCUT2D eigenvalue weighted by atomic mass is 10.1. The third-order valence-electron chi connectivity index (χ3n) is 3.64. The van der Waals surface area contributed by atoms with Gasteiger partial charge in [-0.1, -0.05) is 0 Å². The lowest BCUT2D eigenvalue weighted by molar-refractivity contribution is 0.123. The first-order chi connectivity index (χ1) is 9.90. The summed E-state index contributed by atoms with van der Waals surface area (Å²) in [6, 6.07) is 3.43. The van der Waals surface area contributed by atoms with E-state index in [1.165, 1.54) is 12.8 Å². The maximum Gasteiger partial charge on any atom is 0.240 e. The molecule has 0 aliphatic heterocycles. The Balaban J connectivity index is 1.86. The van der Waals surface area contributed by atoms with E-state index in [0.29, 0.717) is 30.8 Å². The summed E-state index contributed by atoms with van der Waals surface area (Å²) >= 11 is 0. The number of nitrogen functional groups attached to an aromatic ring is 1. The second-order valence-corrected chi connectivity index (χ2v) is 7.48. The van der Waals surface area contributed by atoms with Gasteiger partial charge in [0, 0.05) is 25.4 Å². The largest absolute Gasteiger partial charge is 0.398 e. The van der Waals surface area contributed by atoms with Crippen LogP contribution in [0.25, 0.3) is 0 Å². The van der Waals surface area contributed by atoms with Crippen LogP contribution in [0.5, 0.6) is 0 Å². The average molecular weight is 312 g/mol. The number of sulfonamides is 1. The Bertz CT molecular complexity index is 595. The molecule has 2 rings (SSSR count). The zero-order valence-corrected chi connectivity index (χ0v) is 13.5. The van der Waals surface area contributed by atoms with Gasteiger partial charge in [-0.3, -0.25) is 0 Å². The molecule has 0 saturated heterocycles. The number of hydrogen-bond acceptors (Lipinski definition) is 4. The molecule has 1 saturated carbocycles. The van der Waals surface area contributed by atoms with E-state index in [0.717, 1.165) is 18.1 Å². The summed E-state index contributed by atoms with van der Waals surface area (Å²) in [6.07, 6.45) is 3.20. The monoisotopic (exact) mass is 312 g/mol. The van der Waals surface area contributed by atoms with Crippen molar-refractivity contribution >= 4 is 15.7 Å². The van der Waals surface area contributed by atoms with E-state index in [9.17, 15) is 8.42 Å². The fourth-order valence-electron chi connectivity index (χ4n) is 2.12. The molecule has 0 amide bonds. The van der Waals surface area contributed by atoms with Crippen molar-refractivity contribution in [3.63, 3.8) is 0 Å². The fourth-order valence-corrected chi connectivity index (χ4v) is 3.56. The van der Waals surface area contributed by atoms with Gasteiger partial charge in [0.05, 0.1) is 4.90 Å². The molecule has 0 bridgehead atoms. The number of anilines is 1. The Morgan fingerprint density at radius 2 is 2.05 bits per heavy atom. The normalized spacial score (nSPS) is 15.3. The first-order valence-electron chi connectivity index (χ1n) is 7.34. The van der Waals surface area contributed by atoms with Gasteiger partial charge < -0.3 is 10.5 Å². The number of nitrogens with two attached hydrogens (primary N) is 1. The smallest absolute Gasteiger partial charge is 0.240 e. The van der Waals surface area contributed by atoms with Crippen LogP contribution >= 0.6 is 0 Å². The van der Waals surface area contributed by atoms with Crippen LogP contribution in [0.3, 0.4) is 0 Å². The molecule has 0 atom stereocenters. The van der Waals surface area contributed by atoms with Crippen LogP contribution in [-0.2, 0) is 14.8 Å². The molecule has 0 heterocycles. The lowest BCUT2D eigenvalue weighted by Gasteiger charge is -2.12. The van der Waals surface area contributed by atoms with Crippen molar-refractivity contribution in [3.8, 4) is 0 Å². The number of nitrogens with one attached hydrogen (secondary N) is 1. The molecule has 1 aromatic rings. The molecular formula is C15H24N2O3S. The minimum Gasteiger partial charge on any atom is -0.398 e. The van der Waals surface area contributed by atoms with Gasteiger partial charge in [-0.05, 0) is 62.3 Å². The van der Waals surface area contributed by atoms with Crippen LogP contribution in [0, 0.1) is 19.8 Å². The summed E-state index contributed by atoms with van der Waals surface area (Å²) < 4.78 is 32.7. The number of ether oxygens (including phenoxy) is 1. The van der Waals surface area contributed by atoms with Crippen molar-refractivity contribution in [1.82, 2.24) is 4.72 Å². The third-order valence-corrected chi connectivity index (χ3v) is 5.23. The maximum atomic E-state index is 12.3. The molecule has 0 unspecified atom stereocenters. The van der Waals surface area contributed by atoms with Gasteiger partial charge in [-0.25, -0.2) is 13.1 Å². The van der Waals surface area contributed by atoms with Crippen LogP contribution < -0.4 is 10.5 Å². The summed E-state index contributed by atoms with van der Waals surface area (Å²) in [5, 5.41) is 0. The maximum absolute atomic E-state index is 12.3. The molecular weight excluding hydrogens is 288 g/mol. The summed E-state index contributed by atoms with van der Waals surface area (Å²) in [4.78, 5) is 0.263. The van der Waals surface area contributed by atoms with E-state index in [-0.39, 0.29) is 4.90 Å². The first kappa shape index (κ1) is 16.3. The van der Waals surface area contributed by atoms with Crippen molar-refractivity contribution < 1.29 is 13.2 Å². The number of aryl methyl sites for hydroxylation is 1. The van der Waals surface area contributed by atoms with Gasteiger partial charge in [0.2, 0.25) is 10.0 Å². The van der Waals surface area contributed by atoms with Gasteiger partial charge in [0.15, 0.2) is 0 Å². The van der Waals surface area contributed by atoms with Crippen LogP contribution in [0.4, 0.5) is 5.69 Å². The molecule has 0 radical (unpaired) electrons. The standard InChI is InChI=1S/C15H24N2O3S/c1-11-8-14(16)12(2)15(9-11)21(18,19)17-6-3-7-20-10-13-4-5-13/h8-9,13,17H,3-7,10,16H2,1-2H3. The quantitative estimate of drug-likeness (QED) is 0.568. The molecule has 0 spiro atoms. The molecule has 0 aromatic heterocycles. The van der Waals surface area contributed by atoms with E-state index in [2.05, 4.69) is 4.72 Å². The predicted molar refractivity (Wildman–Crippen MR) is 83.7 cm³/mol. The van der Waals surface area contributed by atoms with Crippen LogP contribution in [0.15, 0.2) is 17.0 Å². The highest BCUT2D eigenvalue weighted by Crippen LogP contribution is 2.28. The molecule has 6 heteroatoms. The second kappa shape index (κ2) is 6.77. The molecule has 3 N–H and O–H groups in total. The highest BCUT2D eigenvalue weighted by Gasteiger charge is 2.21. The third kappa shape index (κ3) is 4.69. The van der Waals surface area contributed by atoms with Crippen LogP contribution in [-0.4, -0.2) is 28.2 Å².